The minimum absolute atomic E-state index is 0.0647. The highest BCUT2D eigenvalue weighted by molar-refractivity contribution is 6.30. The molecule has 1 atom stereocenters. The van der Waals surface area contributed by atoms with E-state index in [1.165, 1.54) is 5.01 Å². The number of aromatic nitrogens is 2. The van der Waals surface area contributed by atoms with Gasteiger partial charge in [0.25, 0.3) is 0 Å². The molecule has 1 aromatic heterocycles. The fourth-order valence-electron chi connectivity index (χ4n) is 3.13. The van der Waals surface area contributed by atoms with Crippen molar-refractivity contribution in [3.8, 4) is 0 Å². The highest BCUT2D eigenvalue weighted by atomic mass is 35.5. The maximum atomic E-state index is 11.4. The molecule has 0 saturated carbocycles. The van der Waals surface area contributed by atoms with Gasteiger partial charge < -0.3 is 0 Å². The average Bonchev–Trinajstić information content (AvgIpc) is 3.14. The molecule has 3 aromatic rings. The van der Waals surface area contributed by atoms with Crippen LogP contribution in [-0.2, 0) is 0 Å². The number of benzene rings is 2. The van der Waals surface area contributed by atoms with Crippen LogP contribution in [0.3, 0.4) is 0 Å². The lowest BCUT2D eigenvalue weighted by atomic mass is 9.91. The van der Waals surface area contributed by atoms with Gasteiger partial charge in [0, 0.05) is 10.9 Å². The summed E-state index contributed by atoms with van der Waals surface area (Å²) < 4.78 is 0. The van der Waals surface area contributed by atoms with Crippen LogP contribution in [0.5, 0.6) is 0 Å². The second-order valence-electron chi connectivity index (χ2n) is 6.14. The van der Waals surface area contributed by atoms with Gasteiger partial charge in [-0.15, -0.1) is 0 Å². The quantitative estimate of drug-likeness (QED) is 0.351. The number of hydrogen-bond acceptors (Lipinski definition) is 6. The van der Waals surface area contributed by atoms with Crippen molar-refractivity contribution in [2.45, 2.75) is 5.92 Å². The molecule has 2 aromatic carbocycles. The van der Waals surface area contributed by atoms with Crippen molar-refractivity contribution in [2.24, 2.45) is 5.10 Å². The SMILES string of the molecule is O=[N+]([O-])c1cnc(Cl)nc1N1CC(c2ccccc2)C(c2ccc(Cl)cc2)=N1. The number of nitro groups is 1. The van der Waals surface area contributed by atoms with Crippen molar-refractivity contribution in [3.05, 3.63) is 92.3 Å². The summed E-state index contributed by atoms with van der Waals surface area (Å²) in [7, 11) is 0. The molecule has 28 heavy (non-hydrogen) atoms. The molecule has 2 heterocycles. The Balaban J connectivity index is 1.82. The Morgan fingerprint density at radius 3 is 2.46 bits per heavy atom. The molecule has 9 heteroatoms. The van der Waals surface area contributed by atoms with Gasteiger partial charge in [-0.1, -0.05) is 54.1 Å². The van der Waals surface area contributed by atoms with E-state index < -0.39 is 4.92 Å². The van der Waals surface area contributed by atoms with Gasteiger partial charge in [0.1, 0.15) is 6.20 Å². The van der Waals surface area contributed by atoms with Gasteiger partial charge in [-0.2, -0.15) is 10.1 Å². The minimum atomic E-state index is -0.543. The molecule has 0 amide bonds. The van der Waals surface area contributed by atoms with Crippen molar-refractivity contribution in [1.29, 1.82) is 0 Å². The molecule has 4 rings (SSSR count). The van der Waals surface area contributed by atoms with Crippen LogP contribution in [0.15, 0.2) is 65.9 Å². The third-order valence-corrected chi connectivity index (χ3v) is 4.85. The zero-order valence-electron chi connectivity index (χ0n) is 14.4. The lowest BCUT2D eigenvalue weighted by Crippen LogP contribution is -2.20. The van der Waals surface area contributed by atoms with Crippen LogP contribution in [0.2, 0.25) is 10.3 Å². The zero-order valence-corrected chi connectivity index (χ0v) is 15.9. The van der Waals surface area contributed by atoms with Crippen molar-refractivity contribution in [1.82, 2.24) is 9.97 Å². The smallest absolute Gasteiger partial charge is 0.258 e. The van der Waals surface area contributed by atoms with Gasteiger partial charge in [-0.3, -0.25) is 10.1 Å². The molecule has 1 unspecified atom stereocenters. The molecule has 7 nitrogen and oxygen atoms in total. The predicted molar refractivity (Wildman–Crippen MR) is 108 cm³/mol. The van der Waals surface area contributed by atoms with Gasteiger partial charge in [0.05, 0.1) is 17.2 Å². The molecule has 0 bridgehead atoms. The molecule has 1 aliphatic rings. The van der Waals surface area contributed by atoms with Crippen LogP contribution >= 0.6 is 23.2 Å². The summed E-state index contributed by atoms with van der Waals surface area (Å²) in [4.78, 5) is 18.7. The van der Waals surface area contributed by atoms with Crippen LogP contribution in [0, 0.1) is 10.1 Å². The molecule has 140 valence electrons. The Hall–Kier alpha value is -3.03. The minimum Gasteiger partial charge on any atom is -0.258 e. The Kier molecular flexibility index (Phi) is 4.93. The number of rotatable bonds is 4. The first kappa shape index (κ1) is 18.3. The number of hydrazone groups is 1. The monoisotopic (exact) mass is 413 g/mol. The summed E-state index contributed by atoms with van der Waals surface area (Å²) in [5.74, 6) is -0.0365. The van der Waals surface area contributed by atoms with Crippen molar-refractivity contribution in [3.63, 3.8) is 0 Å². The van der Waals surface area contributed by atoms with Crippen LogP contribution in [0.25, 0.3) is 0 Å². The van der Waals surface area contributed by atoms with Gasteiger partial charge in [0.15, 0.2) is 0 Å². The Bertz CT molecular complexity index is 1060. The van der Waals surface area contributed by atoms with E-state index in [0.717, 1.165) is 23.0 Å². The molecule has 0 fully saturated rings. The lowest BCUT2D eigenvalue weighted by molar-refractivity contribution is -0.384. The van der Waals surface area contributed by atoms with Crippen molar-refractivity contribution in [2.75, 3.05) is 11.6 Å². The Morgan fingerprint density at radius 2 is 1.79 bits per heavy atom. The Morgan fingerprint density at radius 1 is 1.07 bits per heavy atom. The summed E-state index contributed by atoms with van der Waals surface area (Å²) in [6, 6.07) is 17.2. The zero-order chi connectivity index (χ0) is 19.7. The molecule has 0 radical (unpaired) electrons. The third-order valence-electron chi connectivity index (χ3n) is 4.42. The molecular weight excluding hydrogens is 401 g/mol. The lowest BCUT2D eigenvalue weighted by Gasteiger charge is -2.15. The van der Waals surface area contributed by atoms with E-state index in [0.29, 0.717) is 11.6 Å². The normalized spacial score (nSPS) is 16.1. The number of hydrogen-bond donors (Lipinski definition) is 0. The molecule has 0 saturated heterocycles. The maximum Gasteiger partial charge on any atom is 0.331 e. The molecule has 1 aliphatic heterocycles. The third kappa shape index (κ3) is 3.54. The summed E-state index contributed by atoms with van der Waals surface area (Å²) in [6.45, 7) is 0.385. The van der Waals surface area contributed by atoms with E-state index in [-0.39, 0.29) is 22.7 Å². The van der Waals surface area contributed by atoms with E-state index >= 15 is 0 Å². The first-order chi connectivity index (χ1) is 13.5. The van der Waals surface area contributed by atoms with E-state index in [1.54, 1.807) is 12.1 Å². The van der Waals surface area contributed by atoms with Gasteiger partial charge in [-0.25, -0.2) is 9.99 Å². The average molecular weight is 414 g/mol. The number of anilines is 1. The van der Waals surface area contributed by atoms with Crippen molar-refractivity contribution >= 4 is 40.4 Å². The first-order valence-corrected chi connectivity index (χ1v) is 9.12. The maximum absolute atomic E-state index is 11.4. The topological polar surface area (TPSA) is 84.5 Å². The predicted octanol–water partition coefficient (Wildman–Crippen LogP) is 4.70. The Labute approximate surface area is 170 Å². The standard InChI is InChI=1S/C19H13Cl2N5O2/c20-14-8-6-13(7-9-14)17-15(12-4-2-1-3-5-12)11-25(24-17)18-16(26(27)28)10-22-19(21)23-18/h1-10,15H,11H2. The first-order valence-electron chi connectivity index (χ1n) is 8.37. The largest absolute Gasteiger partial charge is 0.331 e. The molecule has 0 N–H and O–H groups in total. The van der Waals surface area contributed by atoms with Gasteiger partial charge >= 0.3 is 5.69 Å². The van der Waals surface area contributed by atoms with E-state index in [2.05, 4.69) is 15.1 Å². The molecule has 0 spiro atoms. The second kappa shape index (κ2) is 7.53. The molecule has 0 aliphatic carbocycles. The fourth-order valence-corrected chi connectivity index (χ4v) is 3.38. The number of nitrogens with zero attached hydrogens (tertiary/aromatic N) is 5. The summed E-state index contributed by atoms with van der Waals surface area (Å²) in [6.07, 6.45) is 1.10. The van der Waals surface area contributed by atoms with Gasteiger partial charge in [0.2, 0.25) is 11.1 Å². The molecular formula is C19H13Cl2N5O2. The second-order valence-corrected chi connectivity index (χ2v) is 6.92. The van der Waals surface area contributed by atoms with Gasteiger partial charge in [-0.05, 0) is 34.9 Å². The van der Waals surface area contributed by atoms with E-state index in [9.17, 15) is 10.1 Å². The van der Waals surface area contributed by atoms with E-state index in [1.807, 2.05) is 42.5 Å². The van der Waals surface area contributed by atoms with Crippen LogP contribution < -0.4 is 5.01 Å². The van der Waals surface area contributed by atoms with Crippen LogP contribution in [0.1, 0.15) is 17.0 Å². The highest BCUT2D eigenvalue weighted by Crippen LogP contribution is 2.35. The van der Waals surface area contributed by atoms with E-state index in [4.69, 9.17) is 23.2 Å². The van der Waals surface area contributed by atoms with Crippen LogP contribution in [-0.4, -0.2) is 27.1 Å². The fraction of sp³-hybridized carbons (Fsp3) is 0.105. The number of halogens is 2. The summed E-state index contributed by atoms with van der Waals surface area (Å²) >= 11 is 11.9. The van der Waals surface area contributed by atoms with Crippen molar-refractivity contribution < 1.29 is 4.92 Å². The van der Waals surface area contributed by atoms with Crippen LogP contribution in [0.4, 0.5) is 11.5 Å². The highest BCUT2D eigenvalue weighted by Gasteiger charge is 2.34. The summed E-state index contributed by atoms with van der Waals surface area (Å²) in [5.41, 5.74) is 2.44. The summed E-state index contributed by atoms with van der Waals surface area (Å²) in [5, 5.41) is 18.1.